The van der Waals surface area contributed by atoms with Gasteiger partial charge in [0.2, 0.25) is 5.91 Å². The molecule has 0 fully saturated rings. The number of rotatable bonds is 9. The highest BCUT2D eigenvalue weighted by atomic mass is 35.5. The summed E-state index contributed by atoms with van der Waals surface area (Å²) >= 11 is 0. The Morgan fingerprint density at radius 1 is 1.12 bits per heavy atom. The normalized spacial score (nSPS) is 9.88. The van der Waals surface area contributed by atoms with Crippen LogP contribution >= 0.6 is 12.4 Å². The molecule has 3 N–H and O–H groups in total. The molecule has 0 spiro atoms. The van der Waals surface area contributed by atoms with Crippen molar-refractivity contribution in [3.05, 3.63) is 59.7 Å². The summed E-state index contributed by atoms with van der Waals surface area (Å²) in [5.74, 6) is 0.666. The Hall–Kier alpha value is -2.53. The van der Waals surface area contributed by atoms with Crippen molar-refractivity contribution in [1.29, 1.82) is 0 Å². The lowest BCUT2D eigenvalue weighted by Gasteiger charge is -2.08. The van der Waals surface area contributed by atoms with Crippen molar-refractivity contribution >= 4 is 29.8 Å². The number of carbonyl (C=O) groups is 2. The number of hydrogen-bond acceptors (Lipinski definition) is 4. The van der Waals surface area contributed by atoms with Crippen molar-refractivity contribution in [3.8, 4) is 5.75 Å². The van der Waals surface area contributed by atoms with E-state index in [1.807, 2.05) is 24.3 Å². The average Bonchev–Trinajstić information content (AvgIpc) is 2.61. The molecule has 0 saturated heterocycles. The summed E-state index contributed by atoms with van der Waals surface area (Å²) in [7, 11) is 0. The highest BCUT2D eigenvalue weighted by molar-refractivity contribution is 5.94. The highest BCUT2D eigenvalue weighted by Gasteiger charge is 2.03. The van der Waals surface area contributed by atoms with Crippen LogP contribution in [0.5, 0.6) is 5.75 Å². The van der Waals surface area contributed by atoms with Crippen LogP contribution in [0.15, 0.2) is 48.5 Å². The summed E-state index contributed by atoms with van der Waals surface area (Å²) in [6, 6.07) is 14.7. The van der Waals surface area contributed by atoms with Gasteiger partial charge < -0.3 is 15.8 Å². The zero-order valence-corrected chi connectivity index (χ0v) is 15.7. The third kappa shape index (κ3) is 7.57. The summed E-state index contributed by atoms with van der Waals surface area (Å²) < 4.78 is 5.59. The van der Waals surface area contributed by atoms with Crippen LogP contribution in [0.25, 0.3) is 0 Å². The number of nitrogens with one attached hydrogen (secondary N) is 1. The molecule has 0 aliphatic rings. The van der Waals surface area contributed by atoms with Crippen LogP contribution in [0.1, 0.15) is 35.7 Å². The predicted octanol–water partition coefficient (Wildman–Crippen LogP) is 3.41. The number of benzene rings is 2. The van der Waals surface area contributed by atoms with E-state index in [-0.39, 0.29) is 24.1 Å². The molecular weight excluding hydrogens is 352 g/mol. The molecule has 2 aromatic carbocycles. The molecule has 2 rings (SSSR count). The van der Waals surface area contributed by atoms with Gasteiger partial charge in [0.15, 0.2) is 5.78 Å². The number of nitrogens with two attached hydrogens (primary N) is 1. The fourth-order valence-electron chi connectivity index (χ4n) is 2.35. The van der Waals surface area contributed by atoms with E-state index in [0.717, 1.165) is 17.7 Å². The van der Waals surface area contributed by atoms with Crippen LogP contribution in [0, 0.1) is 0 Å². The first-order valence-corrected chi connectivity index (χ1v) is 8.39. The Morgan fingerprint density at radius 3 is 2.54 bits per heavy atom. The largest absolute Gasteiger partial charge is 0.494 e. The number of hydrogen-bond donors (Lipinski definition) is 2. The second-order valence-corrected chi connectivity index (χ2v) is 5.88. The van der Waals surface area contributed by atoms with Crippen molar-refractivity contribution in [2.75, 3.05) is 18.9 Å². The number of ketones is 1. The fraction of sp³-hybridized carbons (Fsp3) is 0.300. The van der Waals surface area contributed by atoms with E-state index in [4.69, 9.17) is 10.5 Å². The van der Waals surface area contributed by atoms with Crippen LogP contribution in [0.3, 0.4) is 0 Å². The molecule has 5 nitrogen and oxygen atoms in total. The van der Waals surface area contributed by atoms with Gasteiger partial charge in [0.25, 0.3) is 0 Å². The van der Waals surface area contributed by atoms with Crippen molar-refractivity contribution < 1.29 is 14.3 Å². The van der Waals surface area contributed by atoms with Gasteiger partial charge in [0, 0.05) is 24.2 Å². The van der Waals surface area contributed by atoms with Crippen molar-refractivity contribution in [3.63, 3.8) is 0 Å². The smallest absolute Gasteiger partial charge is 0.220 e. The molecule has 140 valence electrons. The van der Waals surface area contributed by atoms with E-state index in [1.165, 1.54) is 6.92 Å². The second kappa shape index (κ2) is 11.2. The monoisotopic (exact) mass is 376 g/mol. The van der Waals surface area contributed by atoms with E-state index >= 15 is 0 Å². The summed E-state index contributed by atoms with van der Waals surface area (Å²) in [5.41, 5.74) is 8.14. The molecule has 0 radical (unpaired) electrons. The molecule has 0 unspecified atom stereocenters. The third-order valence-electron chi connectivity index (χ3n) is 3.77. The summed E-state index contributed by atoms with van der Waals surface area (Å²) in [5, 5.41) is 2.90. The zero-order chi connectivity index (χ0) is 18.1. The number of nitrogen functional groups attached to an aromatic ring is 1. The summed E-state index contributed by atoms with van der Waals surface area (Å²) in [4.78, 5) is 23.1. The van der Waals surface area contributed by atoms with Gasteiger partial charge in [-0.2, -0.15) is 0 Å². The molecule has 26 heavy (non-hydrogen) atoms. The molecule has 1 amide bonds. The van der Waals surface area contributed by atoms with Gasteiger partial charge in [-0.25, -0.2) is 0 Å². The Morgan fingerprint density at radius 2 is 1.85 bits per heavy atom. The van der Waals surface area contributed by atoms with Gasteiger partial charge in [0.05, 0.1) is 6.61 Å². The maximum absolute atomic E-state index is 11.8. The fourth-order valence-corrected chi connectivity index (χ4v) is 2.35. The minimum absolute atomic E-state index is 0. The molecule has 0 atom stereocenters. The topological polar surface area (TPSA) is 81.4 Å². The number of ether oxygens (including phenoxy) is 1. The Labute approximate surface area is 160 Å². The maximum Gasteiger partial charge on any atom is 0.220 e. The average molecular weight is 377 g/mol. The lowest BCUT2D eigenvalue weighted by Crippen LogP contribution is -2.25. The van der Waals surface area contributed by atoms with E-state index in [1.54, 1.807) is 24.3 Å². The first-order chi connectivity index (χ1) is 12.0. The van der Waals surface area contributed by atoms with Crippen LogP contribution in [-0.2, 0) is 11.2 Å². The summed E-state index contributed by atoms with van der Waals surface area (Å²) in [6.45, 7) is 2.56. The van der Waals surface area contributed by atoms with Crippen LogP contribution < -0.4 is 15.8 Å². The molecule has 0 saturated carbocycles. The molecule has 6 heteroatoms. The second-order valence-electron chi connectivity index (χ2n) is 5.88. The van der Waals surface area contributed by atoms with Gasteiger partial charge in [-0.3, -0.25) is 9.59 Å². The standard InChI is InChI=1S/C20H24N2O3.ClH/c1-15(23)17-4-2-5-19(14-17)25-13-3-6-20(24)22-12-11-16-7-9-18(21)10-8-16;/h2,4-5,7-10,14H,3,6,11-13,21H2,1H3,(H,22,24);1H. The SMILES string of the molecule is CC(=O)c1cccc(OCCCC(=O)NCCc2ccc(N)cc2)c1.Cl. The number of anilines is 1. The number of carbonyl (C=O) groups excluding carboxylic acids is 2. The number of Topliss-reactive ketones (excluding diaryl/α,β-unsaturated/α-hetero) is 1. The van der Waals surface area contributed by atoms with E-state index in [9.17, 15) is 9.59 Å². The van der Waals surface area contributed by atoms with Crippen LogP contribution in [0.2, 0.25) is 0 Å². The van der Waals surface area contributed by atoms with E-state index in [0.29, 0.717) is 37.3 Å². The van der Waals surface area contributed by atoms with E-state index < -0.39 is 0 Å². The van der Waals surface area contributed by atoms with Crippen LogP contribution in [-0.4, -0.2) is 24.8 Å². The Balaban J connectivity index is 0.00000338. The molecule has 0 aromatic heterocycles. The Bertz CT molecular complexity index is 717. The van der Waals surface area contributed by atoms with Gasteiger partial charge >= 0.3 is 0 Å². The minimum Gasteiger partial charge on any atom is -0.494 e. The zero-order valence-electron chi connectivity index (χ0n) is 14.9. The molecule has 2 aromatic rings. The summed E-state index contributed by atoms with van der Waals surface area (Å²) in [6.07, 6.45) is 1.81. The number of halogens is 1. The van der Waals surface area contributed by atoms with E-state index in [2.05, 4.69) is 5.32 Å². The first kappa shape index (κ1) is 21.5. The third-order valence-corrected chi connectivity index (χ3v) is 3.77. The molecule has 0 aliphatic heterocycles. The van der Waals surface area contributed by atoms with Gasteiger partial charge in [-0.15, -0.1) is 12.4 Å². The lowest BCUT2D eigenvalue weighted by atomic mass is 10.1. The highest BCUT2D eigenvalue weighted by Crippen LogP contribution is 2.14. The molecule has 0 bridgehead atoms. The lowest BCUT2D eigenvalue weighted by molar-refractivity contribution is -0.121. The first-order valence-electron chi connectivity index (χ1n) is 8.39. The van der Waals surface area contributed by atoms with Crippen molar-refractivity contribution in [1.82, 2.24) is 5.32 Å². The van der Waals surface area contributed by atoms with Crippen molar-refractivity contribution in [2.24, 2.45) is 0 Å². The Kier molecular flexibility index (Phi) is 9.23. The molecular formula is C20H25ClN2O3. The van der Waals surface area contributed by atoms with Crippen LogP contribution in [0.4, 0.5) is 5.69 Å². The van der Waals surface area contributed by atoms with Gasteiger partial charge in [-0.1, -0.05) is 24.3 Å². The van der Waals surface area contributed by atoms with Gasteiger partial charge in [-0.05, 0) is 49.6 Å². The predicted molar refractivity (Wildman–Crippen MR) is 106 cm³/mol. The van der Waals surface area contributed by atoms with Gasteiger partial charge in [0.1, 0.15) is 5.75 Å². The minimum atomic E-state index is 0. The quantitative estimate of drug-likeness (QED) is 0.399. The maximum atomic E-state index is 11.8. The number of amides is 1. The molecule has 0 aliphatic carbocycles. The van der Waals surface area contributed by atoms with Crippen molar-refractivity contribution in [2.45, 2.75) is 26.2 Å². The molecule has 0 heterocycles.